The number of rotatable bonds is 5. The second-order valence-corrected chi connectivity index (χ2v) is 5.45. The highest BCUT2D eigenvalue weighted by Crippen LogP contribution is 2.13. The van der Waals surface area contributed by atoms with E-state index in [1.165, 1.54) is 15.9 Å². The molecule has 2 N–H and O–H groups in total. The highest BCUT2D eigenvalue weighted by atomic mass is 32.1. The summed E-state index contributed by atoms with van der Waals surface area (Å²) in [5, 5.41) is 4.62. The van der Waals surface area contributed by atoms with E-state index in [1.807, 2.05) is 18.4 Å². The van der Waals surface area contributed by atoms with Gasteiger partial charge in [0, 0.05) is 19.5 Å². The standard InChI is InChI=1S/C12H15N3O2S2/c1-2-5-13-9(16)3-6-15-11(17)10-8(4-7-19-10)14-12(15)18/h4,7H,2-3,5-6H2,1H3,(H,13,16)(H,14,18). The van der Waals surface area contributed by atoms with Crippen LogP contribution in [0.1, 0.15) is 19.8 Å². The molecule has 0 fully saturated rings. The number of hydrogen-bond donors (Lipinski definition) is 2. The zero-order chi connectivity index (χ0) is 13.8. The number of fused-ring (bicyclic) bond motifs is 1. The Morgan fingerprint density at radius 3 is 3.11 bits per heavy atom. The van der Waals surface area contributed by atoms with Gasteiger partial charge in [-0.3, -0.25) is 14.2 Å². The van der Waals surface area contributed by atoms with Crippen LogP contribution in [-0.4, -0.2) is 22.0 Å². The number of hydrogen-bond acceptors (Lipinski definition) is 4. The summed E-state index contributed by atoms with van der Waals surface area (Å²) in [6.07, 6.45) is 1.15. The van der Waals surface area contributed by atoms with Crippen LogP contribution in [0.4, 0.5) is 0 Å². The van der Waals surface area contributed by atoms with E-state index in [0.717, 1.165) is 11.9 Å². The first-order chi connectivity index (χ1) is 9.13. The van der Waals surface area contributed by atoms with Gasteiger partial charge in [-0.25, -0.2) is 0 Å². The second kappa shape index (κ2) is 6.12. The largest absolute Gasteiger partial charge is 0.356 e. The lowest BCUT2D eigenvalue weighted by Crippen LogP contribution is -2.28. The molecule has 2 rings (SSSR count). The first-order valence-corrected chi connectivity index (χ1v) is 7.39. The lowest BCUT2D eigenvalue weighted by Gasteiger charge is -2.06. The zero-order valence-electron chi connectivity index (χ0n) is 10.6. The molecule has 19 heavy (non-hydrogen) atoms. The first-order valence-electron chi connectivity index (χ1n) is 6.10. The van der Waals surface area contributed by atoms with Crippen LogP contribution < -0.4 is 10.9 Å². The maximum absolute atomic E-state index is 12.2. The van der Waals surface area contributed by atoms with Crippen LogP contribution in [0.5, 0.6) is 0 Å². The molecule has 2 aromatic rings. The van der Waals surface area contributed by atoms with Crippen LogP contribution >= 0.6 is 23.6 Å². The molecule has 2 heterocycles. The molecule has 5 nitrogen and oxygen atoms in total. The average molecular weight is 297 g/mol. The molecular formula is C12H15N3O2S2. The number of thiophene rings is 1. The van der Waals surface area contributed by atoms with Crippen molar-refractivity contribution in [3.8, 4) is 0 Å². The fourth-order valence-electron chi connectivity index (χ4n) is 1.74. The Bertz CT molecular complexity index is 699. The van der Waals surface area contributed by atoms with Gasteiger partial charge in [0.25, 0.3) is 5.56 Å². The third-order valence-electron chi connectivity index (χ3n) is 2.73. The monoisotopic (exact) mass is 297 g/mol. The van der Waals surface area contributed by atoms with Gasteiger partial charge in [0.05, 0.1) is 5.52 Å². The van der Waals surface area contributed by atoms with Crippen LogP contribution in [0, 0.1) is 4.77 Å². The minimum absolute atomic E-state index is 0.0607. The van der Waals surface area contributed by atoms with Crippen molar-refractivity contribution in [2.75, 3.05) is 6.54 Å². The number of aromatic nitrogens is 2. The van der Waals surface area contributed by atoms with Gasteiger partial charge < -0.3 is 10.3 Å². The summed E-state index contributed by atoms with van der Waals surface area (Å²) in [5.74, 6) is -0.0607. The van der Waals surface area contributed by atoms with E-state index in [4.69, 9.17) is 12.2 Å². The molecule has 0 atom stereocenters. The molecule has 0 aliphatic rings. The highest BCUT2D eigenvalue weighted by molar-refractivity contribution is 7.71. The van der Waals surface area contributed by atoms with E-state index in [9.17, 15) is 9.59 Å². The van der Waals surface area contributed by atoms with Gasteiger partial charge in [0.1, 0.15) is 4.70 Å². The Balaban J connectivity index is 2.19. The van der Waals surface area contributed by atoms with E-state index in [2.05, 4.69) is 10.3 Å². The van der Waals surface area contributed by atoms with Crippen LogP contribution in [0.15, 0.2) is 16.2 Å². The van der Waals surface area contributed by atoms with E-state index < -0.39 is 0 Å². The Labute approximate surface area is 119 Å². The van der Waals surface area contributed by atoms with Gasteiger partial charge in [0.15, 0.2) is 4.77 Å². The van der Waals surface area contributed by atoms with Gasteiger partial charge in [-0.1, -0.05) is 6.92 Å². The molecule has 7 heteroatoms. The van der Waals surface area contributed by atoms with Crippen LogP contribution in [0.2, 0.25) is 0 Å². The molecule has 0 saturated heterocycles. The van der Waals surface area contributed by atoms with Gasteiger partial charge in [-0.05, 0) is 30.1 Å². The van der Waals surface area contributed by atoms with Gasteiger partial charge in [-0.2, -0.15) is 0 Å². The van der Waals surface area contributed by atoms with E-state index in [-0.39, 0.29) is 17.9 Å². The maximum Gasteiger partial charge on any atom is 0.272 e. The van der Waals surface area contributed by atoms with E-state index in [0.29, 0.717) is 22.6 Å². The molecule has 0 aliphatic heterocycles. The Morgan fingerprint density at radius 1 is 1.58 bits per heavy atom. The molecule has 0 aliphatic carbocycles. The first kappa shape index (κ1) is 14.0. The normalized spacial score (nSPS) is 10.8. The zero-order valence-corrected chi connectivity index (χ0v) is 12.2. The van der Waals surface area contributed by atoms with Crippen molar-refractivity contribution in [1.82, 2.24) is 14.9 Å². The molecule has 1 amide bonds. The summed E-state index contributed by atoms with van der Waals surface area (Å²) in [6, 6.07) is 1.83. The minimum Gasteiger partial charge on any atom is -0.356 e. The lowest BCUT2D eigenvalue weighted by atomic mass is 10.3. The Kier molecular flexibility index (Phi) is 4.49. The quantitative estimate of drug-likeness (QED) is 0.830. The number of carbonyl (C=O) groups excluding carboxylic acids is 1. The summed E-state index contributed by atoms with van der Waals surface area (Å²) in [5.41, 5.74) is 0.628. The number of nitrogens with zero attached hydrogens (tertiary/aromatic N) is 1. The third kappa shape index (κ3) is 3.10. The summed E-state index contributed by atoms with van der Waals surface area (Å²) in [6.45, 7) is 2.95. The number of carbonyl (C=O) groups is 1. The number of aromatic amines is 1. The molecule has 0 radical (unpaired) electrons. The van der Waals surface area contributed by atoms with Crippen molar-refractivity contribution in [3.63, 3.8) is 0 Å². The predicted molar refractivity (Wildman–Crippen MR) is 79.2 cm³/mol. The van der Waals surface area contributed by atoms with Crippen LogP contribution in [-0.2, 0) is 11.3 Å². The fourth-order valence-corrected chi connectivity index (χ4v) is 2.82. The smallest absolute Gasteiger partial charge is 0.272 e. The molecule has 2 aromatic heterocycles. The summed E-state index contributed by atoms with van der Waals surface area (Å²) in [4.78, 5) is 26.7. The average Bonchev–Trinajstić information content (AvgIpc) is 2.84. The SMILES string of the molecule is CCCNC(=O)CCn1c(=S)[nH]c2ccsc2c1=O. The van der Waals surface area contributed by atoms with Gasteiger partial charge in [-0.15, -0.1) is 11.3 Å². The lowest BCUT2D eigenvalue weighted by molar-refractivity contribution is -0.121. The summed E-state index contributed by atoms with van der Waals surface area (Å²) in [7, 11) is 0. The van der Waals surface area contributed by atoms with Crippen molar-refractivity contribution in [3.05, 3.63) is 26.6 Å². The summed E-state index contributed by atoms with van der Waals surface area (Å²) < 4.78 is 2.45. The van der Waals surface area contributed by atoms with Crippen molar-refractivity contribution in [2.45, 2.75) is 26.3 Å². The number of nitrogens with one attached hydrogen (secondary N) is 2. The molecule has 0 unspecified atom stereocenters. The molecule has 0 aromatic carbocycles. The Morgan fingerprint density at radius 2 is 2.37 bits per heavy atom. The summed E-state index contributed by atoms with van der Waals surface area (Å²) >= 11 is 6.53. The highest BCUT2D eigenvalue weighted by Gasteiger charge is 2.08. The van der Waals surface area contributed by atoms with Gasteiger partial charge >= 0.3 is 0 Å². The maximum atomic E-state index is 12.2. The van der Waals surface area contributed by atoms with Crippen molar-refractivity contribution >= 4 is 39.7 Å². The topological polar surface area (TPSA) is 66.9 Å². The van der Waals surface area contributed by atoms with Crippen molar-refractivity contribution < 1.29 is 4.79 Å². The second-order valence-electron chi connectivity index (χ2n) is 4.15. The number of amides is 1. The van der Waals surface area contributed by atoms with Crippen LogP contribution in [0.3, 0.4) is 0 Å². The molecule has 0 saturated carbocycles. The number of H-pyrrole nitrogens is 1. The third-order valence-corrected chi connectivity index (χ3v) is 3.95. The Hall–Kier alpha value is -1.47. The van der Waals surface area contributed by atoms with Crippen LogP contribution in [0.25, 0.3) is 10.2 Å². The predicted octanol–water partition coefficient (Wildman–Crippen LogP) is 2.04. The van der Waals surface area contributed by atoms with Gasteiger partial charge in [0.2, 0.25) is 5.91 Å². The molecule has 102 valence electrons. The van der Waals surface area contributed by atoms with Crippen molar-refractivity contribution in [1.29, 1.82) is 0 Å². The molecular weight excluding hydrogens is 282 g/mol. The van der Waals surface area contributed by atoms with E-state index >= 15 is 0 Å². The minimum atomic E-state index is -0.128. The fraction of sp³-hybridized carbons (Fsp3) is 0.417. The molecule has 0 bridgehead atoms. The van der Waals surface area contributed by atoms with Crippen molar-refractivity contribution in [2.24, 2.45) is 0 Å². The molecule has 0 spiro atoms. The van der Waals surface area contributed by atoms with E-state index in [1.54, 1.807) is 0 Å².